The van der Waals surface area contributed by atoms with Crippen LogP contribution in [-0.4, -0.2) is 57.0 Å². The summed E-state index contributed by atoms with van der Waals surface area (Å²) >= 11 is 0. The molecule has 3 aromatic rings. The molecule has 1 fully saturated rings. The highest BCUT2D eigenvalue weighted by molar-refractivity contribution is 7.89. The number of benzene rings is 3. The van der Waals surface area contributed by atoms with Gasteiger partial charge in [0.05, 0.1) is 22.6 Å². The summed E-state index contributed by atoms with van der Waals surface area (Å²) < 4.78 is 73.4. The molecule has 1 heterocycles. The third-order valence-corrected chi connectivity index (χ3v) is 8.22. The molecule has 3 aromatic carbocycles. The maximum absolute atomic E-state index is 13.3. The number of hydrogen-bond acceptors (Lipinski definition) is 5. The fraction of sp³-hybridized carbons (Fsp3) is 0.296. The lowest BCUT2D eigenvalue weighted by Crippen LogP contribution is -2.49. The standard InChI is InChI=1S/C27H26F3N3O3S/c28-27(29,30)24-11-6-10-22(19-24)26(21-7-2-1-3-8-21)36-18-17-32-13-15-33(16-14-32)37(34,35)25-12-5-4-9-23(25)20-31/h1-12,19,26H,13-18H2. The van der Waals surface area contributed by atoms with Crippen LogP contribution in [0.2, 0.25) is 0 Å². The van der Waals surface area contributed by atoms with Gasteiger partial charge < -0.3 is 4.74 Å². The predicted octanol–water partition coefficient (Wildman–Crippen LogP) is 4.69. The number of sulfonamides is 1. The van der Waals surface area contributed by atoms with E-state index in [1.165, 1.54) is 22.5 Å². The molecule has 1 atom stereocenters. The van der Waals surface area contributed by atoms with Crippen LogP contribution in [0, 0.1) is 11.3 Å². The van der Waals surface area contributed by atoms with Gasteiger partial charge in [-0.3, -0.25) is 4.90 Å². The molecule has 0 aromatic heterocycles. The van der Waals surface area contributed by atoms with Gasteiger partial charge in [-0.25, -0.2) is 8.42 Å². The number of halogens is 3. The second-order valence-electron chi connectivity index (χ2n) is 8.64. The average Bonchev–Trinajstić information content (AvgIpc) is 2.91. The third kappa shape index (κ3) is 6.37. The maximum Gasteiger partial charge on any atom is 0.416 e. The minimum Gasteiger partial charge on any atom is -0.367 e. The normalized spacial score (nSPS) is 16.3. The first-order valence-electron chi connectivity index (χ1n) is 11.8. The van der Waals surface area contributed by atoms with Gasteiger partial charge in [0.1, 0.15) is 12.2 Å². The van der Waals surface area contributed by atoms with E-state index in [9.17, 15) is 26.9 Å². The SMILES string of the molecule is N#Cc1ccccc1S(=O)(=O)N1CCN(CCOC(c2ccccc2)c2cccc(C(F)(F)F)c2)CC1. The Hall–Kier alpha value is -3.23. The van der Waals surface area contributed by atoms with Gasteiger partial charge in [0, 0.05) is 32.7 Å². The Kier molecular flexibility index (Phi) is 8.29. The van der Waals surface area contributed by atoms with E-state index in [0.29, 0.717) is 25.2 Å². The van der Waals surface area contributed by atoms with Gasteiger partial charge in [-0.2, -0.15) is 22.7 Å². The second kappa shape index (κ2) is 11.4. The van der Waals surface area contributed by atoms with Crippen LogP contribution >= 0.6 is 0 Å². The van der Waals surface area contributed by atoms with Crippen molar-refractivity contribution >= 4 is 10.0 Å². The van der Waals surface area contributed by atoms with E-state index in [1.54, 1.807) is 18.2 Å². The van der Waals surface area contributed by atoms with Gasteiger partial charge >= 0.3 is 6.18 Å². The van der Waals surface area contributed by atoms with Crippen molar-refractivity contribution < 1.29 is 26.3 Å². The summed E-state index contributed by atoms with van der Waals surface area (Å²) in [5, 5.41) is 9.27. The lowest BCUT2D eigenvalue weighted by atomic mass is 9.99. The van der Waals surface area contributed by atoms with Crippen LogP contribution in [0.1, 0.15) is 28.4 Å². The van der Waals surface area contributed by atoms with Gasteiger partial charge in [0.2, 0.25) is 10.0 Å². The predicted molar refractivity (Wildman–Crippen MR) is 132 cm³/mol. The summed E-state index contributed by atoms with van der Waals surface area (Å²) in [6.45, 7) is 2.20. The lowest BCUT2D eigenvalue weighted by Gasteiger charge is -2.34. The van der Waals surface area contributed by atoms with Crippen LogP contribution in [0.15, 0.2) is 83.8 Å². The van der Waals surface area contributed by atoms with Crippen LogP contribution in [-0.2, 0) is 20.9 Å². The molecule has 0 aliphatic carbocycles. The molecule has 1 aliphatic rings. The number of rotatable bonds is 8. The Labute approximate surface area is 214 Å². The summed E-state index contributed by atoms with van der Waals surface area (Å²) in [4.78, 5) is 2.05. The fourth-order valence-corrected chi connectivity index (χ4v) is 5.87. The molecule has 0 amide bonds. The highest BCUT2D eigenvalue weighted by Crippen LogP contribution is 2.33. The van der Waals surface area contributed by atoms with Crippen LogP contribution in [0.4, 0.5) is 13.2 Å². The van der Waals surface area contributed by atoms with E-state index < -0.39 is 27.9 Å². The molecule has 0 spiro atoms. The van der Waals surface area contributed by atoms with E-state index in [-0.39, 0.29) is 30.2 Å². The van der Waals surface area contributed by atoms with Crippen molar-refractivity contribution in [2.45, 2.75) is 17.2 Å². The van der Waals surface area contributed by atoms with Gasteiger partial charge in [0.15, 0.2) is 0 Å². The quantitative estimate of drug-likeness (QED) is 0.423. The smallest absolute Gasteiger partial charge is 0.367 e. The van der Waals surface area contributed by atoms with E-state index >= 15 is 0 Å². The van der Waals surface area contributed by atoms with Crippen LogP contribution in [0.5, 0.6) is 0 Å². The van der Waals surface area contributed by atoms with Gasteiger partial charge in [-0.15, -0.1) is 0 Å². The maximum atomic E-state index is 13.3. The highest BCUT2D eigenvalue weighted by atomic mass is 32.2. The number of alkyl halides is 3. The average molecular weight is 530 g/mol. The summed E-state index contributed by atoms with van der Waals surface area (Å²) in [6.07, 6.45) is -5.13. The number of ether oxygens (including phenoxy) is 1. The zero-order chi connectivity index (χ0) is 26.5. The van der Waals surface area contributed by atoms with Crippen molar-refractivity contribution in [3.8, 4) is 6.07 Å². The molecule has 1 aliphatic heterocycles. The summed E-state index contributed by atoms with van der Waals surface area (Å²) in [5.41, 5.74) is 0.534. The molecular formula is C27H26F3N3O3S. The molecular weight excluding hydrogens is 503 g/mol. The number of piperazine rings is 1. The van der Waals surface area contributed by atoms with Crippen molar-refractivity contribution in [3.63, 3.8) is 0 Å². The molecule has 1 saturated heterocycles. The lowest BCUT2D eigenvalue weighted by molar-refractivity contribution is -0.137. The Balaban J connectivity index is 1.39. The molecule has 194 valence electrons. The van der Waals surface area contributed by atoms with Crippen LogP contribution in [0.3, 0.4) is 0 Å². The number of hydrogen-bond donors (Lipinski definition) is 0. The monoisotopic (exact) mass is 529 g/mol. The highest BCUT2D eigenvalue weighted by Gasteiger charge is 2.32. The van der Waals surface area contributed by atoms with E-state index in [1.807, 2.05) is 36.4 Å². The Morgan fingerprint density at radius 1 is 0.892 bits per heavy atom. The van der Waals surface area contributed by atoms with Gasteiger partial charge in [-0.05, 0) is 35.4 Å². The summed E-state index contributed by atoms with van der Waals surface area (Å²) in [7, 11) is -3.79. The third-order valence-electron chi connectivity index (χ3n) is 6.27. The Morgan fingerprint density at radius 2 is 1.54 bits per heavy atom. The first-order valence-corrected chi connectivity index (χ1v) is 13.2. The van der Waals surface area contributed by atoms with Gasteiger partial charge in [0.25, 0.3) is 0 Å². The van der Waals surface area contributed by atoms with E-state index in [2.05, 4.69) is 4.90 Å². The summed E-state index contributed by atoms with van der Waals surface area (Å²) in [6, 6.07) is 22.3. The minimum absolute atomic E-state index is 0.000994. The topological polar surface area (TPSA) is 73.6 Å². The molecule has 0 bridgehead atoms. The largest absolute Gasteiger partial charge is 0.416 e. The van der Waals surface area contributed by atoms with Crippen molar-refractivity contribution in [2.75, 3.05) is 39.3 Å². The van der Waals surface area contributed by atoms with Crippen molar-refractivity contribution in [1.29, 1.82) is 5.26 Å². The summed E-state index contributed by atoms with van der Waals surface area (Å²) in [5.74, 6) is 0. The molecule has 4 rings (SSSR count). The van der Waals surface area contributed by atoms with Crippen molar-refractivity contribution in [3.05, 3.63) is 101 Å². The number of nitrogens with zero attached hydrogens (tertiary/aromatic N) is 3. The van der Waals surface area contributed by atoms with Crippen molar-refractivity contribution in [1.82, 2.24) is 9.21 Å². The molecule has 1 unspecified atom stereocenters. The number of nitriles is 1. The molecule has 0 radical (unpaired) electrons. The zero-order valence-electron chi connectivity index (χ0n) is 19.9. The molecule has 37 heavy (non-hydrogen) atoms. The van der Waals surface area contributed by atoms with E-state index in [4.69, 9.17) is 4.74 Å². The van der Waals surface area contributed by atoms with Gasteiger partial charge in [-0.1, -0.05) is 54.6 Å². The first-order chi connectivity index (χ1) is 17.7. The zero-order valence-corrected chi connectivity index (χ0v) is 20.8. The van der Waals surface area contributed by atoms with Crippen molar-refractivity contribution in [2.24, 2.45) is 0 Å². The Bertz CT molecular complexity index is 1350. The van der Waals surface area contributed by atoms with Crippen LogP contribution < -0.4 is 0 Å². The first kappa shape index (κ1) is 26.8. The second-order valence-corrected chi connectivity index (χ2v) is 10.5. The Morgan fingerprint density at radius 3 is 2.22 bits per heavy atom. The minimum atomic E-state index is -4.45. The molecule has 0 saturated carbocycles. The molecule has 0 N–H and O–H groups in total. The molecule has 6 nitrogen and oxygen atoms in total. The fourth-order valence-electron chi connectivity index (χ4n) is 4.31. The molecule has 10 heteroatoms. The van der Waals surface area contributed by atoms with Crippen LogP contribution in [0.25, 0.3) is 0 Å². The van der Waals surface area contributed by atoms with E-state index in [0.717, 1.165) is 17.7 Å².